The maximum atomic E-state index is 13.3. The minimum atomic E-state index is -0.254. The van der Waals surface area contributed by atoms with Crippen LogP contribution in [0.3, 0.4) is 0 Å². The number of ether oxygens (including phenoxy) is 1. The van der Waals surface area contributed by atoms with Crippen LogP contribution in [0, 0.1) is 13.8 Å². The summed E-state index contributed by atoms with van der Waals surface area (Å²) < 4.78 is 7.59. The van der Waals surface area contributed by atoms with E-state index in [4.69, 9.17) is 4.74 Å². The van der Waals surface area contributed by atoms with Gasteiger partial charge in [0, 0.05) is 12.2 Å². The van der Waals surface area contributed by atoms with Gasteiger partial charge in [0.15, 0.2) is 6.61 Å². The van der Waals surface area contributed by atoms with Crippen LogP contribution in [0.15, 0.2) is 72.8 Å². The maximum Gasteiger partial charge on any atom is 0.258 e. The first-order chi connectivity index (χ1) is 17.0. The monoisotopic (exact) mass is 470 g/mol. The van der Waals surface area contributed by atoms with Crippen LogP contribution in [0.2, 0.25) is 0 Å². The van der Waals surface area contributed by atoms with Gasteiger partial charge < -0.3 is 19.5 Å². The van der Waals surface area contributed by atoms with Crippen LogP contribution in [0.5, 0.6) is 5.75 Å². The minimum absolute atomic E-state index is 0.0484. The molecule has 7 nitrogen and oxygen atoms in total. The molecule has 1 heterocycles. The molecule has 4 aromatic rings. The molecule has 0 bridgehead atoms. The van der Waals surface area contributed by atoms with Gasteiger partial charge in [-0.15, -0.1) is 0 Å². The van der Waals surface area contributed by atoms with Crippen molar-refractivity contribution in [3.63, 3.8) is 0 Å². The van der Waals surface area contributed by atoms with Crippen LogP contribution >= 0.6 is 0 Å². The van der Waals surface area contributed by atoms with Gasteiger partial charge in [-0.3, -0.25) is 9.59 Å². The highest BCUT2D eigenvalue weighted by Crippen LogP contribution is 2.20. The quantitative estimate of drug-likeness (QED) is 0.393. The Balaban J connectivity index is 1.48. The molecule has 0 saturated heterocycles. The van der Waals surface area contributed by atoms with Crippen molar-refractivity contribution in [2.45, 2.75) is 33.9 Å². The number of carbonyl (C=O) groups is 2. The summed E-state index contributed by atoms with van der Waals surface area (Å²) in [6, 6.07) is 23.2. The Morgan fingerprint density at radius 3 is 2.51 bits per heavy atom. The average molecular weight is 471 g/mol. The number of anilines is 1. The molecule has 1 N–H and O–H groups in total. The number of benzene rings is 3. The van der Waals surface area contributed by atoms with Gasteiger partial charge in [-0.25, -0.2) is 4.98 Å². The average Bonchev–Trinajstić information content (AvgIpc) is 3.21. The Labute approximate surface area is 205 Å². The van der Waals surface area contributed by atoms with Crippen molar-refractivity contribution in [3.05, 3.63) is 89.7 Å². The molecular formula is C28H30N4O3. The van der Waals surface area contributed by atoms with Crippen LogP contribution in [0.1, 0.15) is 23.9 Å². The molecule has 0 unspecified atom stereocenters. The van der Waals surface area contributed by atoms with Crippen LogP contribution in [-0.4, -0.2) is 34.5 Å². The zero-order valence-corrected chi connectivity index (χ0v) is 20.3. The first kappa shape index (κ1) is 24.0. The van der Waals surface area contributed by atoms with Crippen molar-refractivity contribution >= 4 is 28.5 Å². The number of nitrogens with zero attached hydrogens (tertiary/aromatic N) is 3. The van der Waals surface area contributed by atoms with Crippen LogP contribution in [0.4, 0.5) is 5.69 Å². The highest BCUT2D eigenvalue weighted by Gasteiger charge is 2.19. The lowest BCUT2D eigenvalue weighted by atomic mass is 10.1. The number of aromatic nitrogens is 2. The lowest BCUT2D eigenvalue weighted by Gasteiger charge is -2.22. The second kappa shape index (κ2) is 10.9. The SMILES string of the molecule is CCN(C(=O)Cn1c(CNC(=O)COc2cc(C)ccc2C)nc2ccccc21)c1ccccc1. The van der Waals surface area contributed by atoms with Crippen LogP contribution in [0.25, 0.3) is 11.0 Å². The molecule has 0 fully saturated rings. The second-order valence-electron chi connectivity index (χ2n) is 8.41. The summed E-state index contributed by atoms with van der Waals surface area (Å²) >= 11 is 0. The Morgan fingerprint density at radius 1 is 1.00 bits per heavy atom. The van der Waals surface area contributed by atoms with Crippen molar-refractivity contribution < 1.29 is 14.3 Å². The van der Waals surface area contributed by atoms with E-state index in [0.717, 1.165) is 27.8 Å². The normalized spacial score (nSPS) is 10.8. The van der Waals surface area contributed by atoms with Crippen LogP contribution < -0.4 is 15.0 Å². The van der Waals surface area contributed by atoms with E-state index < -0.39 is 0 Å². The predicted molar refractivity (Wildman–Crippen MR) is 137 cm³/mol. The standard InChI is InChI=1S/C28H30N4O3/c1-4-31(22-10-6-5-7-11-22)28(34)18-32-24-13-9-8-12-23(24)30-26(32)17-29-27(33)19-35-25-16-20(2)14-15-21(25)3/h5-16H,4,17-19H2,1-3H3,(H,29,33). The molecule has 0 atom stereocenters. The number of hydrogen-bond acceptors (Lipinski definition) is 4. The molecule has 7 heteroatoms. The first-order valence-electron chi connectivity index (χ1n) is 11.7. The largest absolute Gasteiger partial charge is 0.483 e. The van der Waals surface area contributed by atoms with Gasteiger partial charge in [0.25, 0.3) is 5.91 Å². The highest BCUT2D eigenvalue weighted by atomic mass is 16.5. The van der Waals surface area contributed by atoms with Gasteiger partial charge in [0.2, 0.25) is 5.91 Å². The topological polar surface area (TPSA) is 76.5 Å². The van der Waals surface area contributed by atoms with Crippen molar-refractivity contribution in [3.8, 4) is 5.75 Å². The Hall–Kier alpha value is -4.13. The summed E-state index contributed by atoms with van der Waals surface area (Å²) in [6.45, 7) is 6.64. The Bertz CT molecular complexity index is 1330. The Kier molecular flexibility index (Phi) is 7.45. The molecule has 0 aliphatic heterocycles. The summed E-state index contributed by atoms with van der Waals surface area (Å²) in [5.41, 5.74) is 4.52. The van der Waals surface area contributed by atoms with E-state index in [1.54, 1.807) is 4.90 Å². The van der Waals surface area contributed by atoms with Gasteiger partial charge in [0.05, 0.1) is 17.6 Å². The third kappa shape index (κ3) is 5.69. The minimum Gasteiger partial charge on any atom is -0.483 e. The molecule has 0 aliphatic carbocycles. The molecule has 0 spiro atoms. The third-order valence-corrected chi connectivity index (χ3v) is 5.86. The summed E-state index contributed by atoms with van der Waals surface area (Å²) in [5.74, 6) is 1.00. The van der Waals surface area contributed by atoms with E-state index >= 15 is 0 Å². The molecular weight excluding hydrogens is 440 g/mol. The van der Waals surface area contributed by atoms with E-state index in [-0.39, 0.29) is 31.5 Å². The lowest BCUT2D eigenvalue weighted by molar-refractivity contribution is -0.123. The fourth-order valence-electron chi connectivity index (χ4n) is 4.00. The highest BCUT2D eigenvalue weighted by molar-refractivity contribution is 5.94. The number of likely N-dealkylation sites (N-methyl/N-ethyl adjacent to an activating group) is 1. The Morgan fingerprint density at radius 2 is 1.74 bits per heavy atom. The number of hydrogen-bond donors (Lipinski definition) is 1. The number of carbonyl (C=O) groups excluding carboxylic acids is 2. The van der Waals surface area contributed by atoms with Crippen molar-refractivity contribution in [2.75, 3.05) is 18.1 Å². The fourth-order valence-corrected chi connectivity index (χ4v) is 4.00. The summed E-state index contributed by atoms with van der Waals surface area (Å²) in [4.78, 5) is 32.2. The smallest absolute Gasteiger partial charge is 0.258 e. The van der Waals surface area contributed by atoms with Crippen molar-refractivity contribution in [2.24, 2.45) is 0 Å². The van der Waals surface area contributed by atoms with E-state index in [1.165, 1.54) is 0 Å². The van der Waals surface area contributed by atoms with E-state index in [0.29, 0.717) is 18.1 Å². The van der Waals surface area contributed by atoms with Gasteiger partial charge in [0.1, 0.15) is 18.1 Å². The number of imidazole rings is 1. The first-order valence-corrected chi connectivity index (χ1v) is 11.7. The molecule has 4 rings (SSSR count). The summed E-state index contributed by atoms with van der Waals surface area (Å²) in [7, 11) is 0. The number of nitrogens with one attached hydrogen (secondary N) is 1. The van der Waals surface area contributed by atoms with Crippen LogP contribution in [-0.2, 0) is 22.7 Å². The third-order valence-electron chi connectivity index (χ3n) is 5.86. The molecule has 35 heavy (non-hydrogen) atoms. The van der Waals surface area contributed by atoms with Gasteiger partial charge >= 0.3 is 0 Å². The molecule has 0 aliphatic rings. The van der Waals surface area contributed by atoms with Gasteiger partial charge in [-0.1, -0.05) is 42.5 Å². The lowest BCUT2D eigenvalue weighted by Crippen LogP contribution is -2.35. The number of fused-ring (bicyclic) bond motifs is 1. The number of amides is 2. The zero-order valence-electron chi connectivity index (χ0n) is 20.3. The molecule has 1 aromatic heterocycles. The summed E-state index contributed by atoms with van der Waals surface area (Å²) in [5, 5.41) is 2.88. The molecule has 2 amide bonds. The molecule has 3 aromatic carbocycles. The van der Waals surface area contributed by atoms with Crippen molar-refractivity contribution in [1.82, 2.24) is 14.9 Å². The van der Waals surface area contributed by atoms with E-state index in [9.17, 15) is 9.59 Å². The van der Waals surface area contributed by atoms with Gasteiger partial charge in [-0.2, -0.15) is 0 Å². The van der Waals surface area contributed by atoms with E-state index in [1.807, 2.05) is 98.1 Å². The maximum absolute atomic E-state index is 13.3. The summed E-state index contributed by atoms with van der Waals surface area (Å²) in [6.07, 6.45) is 0. The van der Waals surface area contributed by atoms with Crippen molar-refractivity contribution in [1.29, 1.82) is 0 Å². The predicted octanol–water partition coefficient (Wildman–Crippen LogP) is 4.40. The fraction of sp³-hybridized carbons (Fsp3) is 0.250. The second-order valence-corrected chi connectivity index (χ2v) is 8.41. The molecule has 180 valence electrons. The number of aryl methyl sites for hydroxylation is 2. The zero-order chi connectivity index (χ0) is 24.8. The number of rotatable bonds is 9. The van der Waals surface area contributed by atoms with E-state index in [2.05, 4.69) is 10.3 Å². The molecule has 0 radical (unpaired) electrons. The number of para-hydroxylation sites is 3. The molecule has 0 saturated carbocycles. The van der Waals surface area contributed by atoms with Gasteiger partial charge in [-0.05, 0) is 62.2 Å².